The van der Waals surface area contributed by atoms with E-state index in [-0.39, 0.29) is 5.75 Å². The Labute approximate surface area is 105 Å². The van der Waals surface area contributed by atoms with Crippen LogP contribution in [-0.4, -0.2) is 10.9 Å². The topological polar surface area (TPSA) is 50.4 Å². The second-order valence-electron chi connectivity index (χ2n) is 4.67. The third-order valence-electron chi connectivity index (χ3n) is 3.20. The van der Waals surface area contributed by atoms with Gasteiger partial charge in [0.25, 0.3) is 0 Å². The van der Waals surface area contributed by atoms with Crippen molar-refractivity contribution in [2.75, 3.05) is 5.75 Å². The maximum atomic E-state index is 11.6. The molecule has 0 bridgehead atoms. The van der Waals surface area contributed by atoms with Crippen LogP contribution in [0.3, 0.4) is 0 Å². The van der Waals surface area contributed by atoms with E-state index in [9.17, 15) is 9.90 Å². The van der Waals surface area contributed by atoms with Crippen LogP contribution in [0, 0.1) is 12.8 Å². The summed E-state index contributed by atoms with van der Waals surface area (Å²) in [6, 6.07) is 1.50. The Hall–Kier alpha value is -0.900. The number of thioether (sulfide) groups is 1. The minimum Gasteiger partial charge on any atom is -0.506 e. The monoisotopic (exact) mass is 254 g/mol. The predicted octanol–water partition coefficient (Wildman–Crippen LogP) is 3.33. The normalized spacial score (nSPS) is 17.2. The van der Waals surface area contributed by atoms with Crippen molar-refractivity contribution in [3.8, 4) is 5.75 Å². The zero-order chi connectivity index (χ0) is 12.3. The van der Waals surface area contributed by atoms with Crippen molar-refractivity contribution in [2.45, 2.75) is 43.9 Å². The van der Waals surface area contributed by atoms with Gasteiger partial charge in [0, 0.05) is 11.8 Å². The smallest absolute Gasteiger partial charge is 0.353 e. The molecule has 1 N–H and O–H groups in total. The third-order valence-corrected chi connectivity index (χ3v) is 4.50. The summed E-state index contributed by atoms with van der Waals surface area (Å²) in [6.07, 6.45) is 6.40. The largest absolute Gasteiger partial charge is 0.506 e. The SMILES string of the molecule is Cc1cc(O)c(SCC2CCCCC2)c(=O)o1. The molecule has 1 aliphatic rings. The van der Waals surface area contributed by atoms with Crippen molar-refractivity contribution < 1.29 is 9.52 Å². The lowest BCUT2D eigenvalue weighted by atomic mass is 9.91. The van der Waals surface area contributed by atoms with Crippen molar-refractivity contribution in [1.82, 2.24) is 0 Å². The van der Waals surface area contributed by atoms with Crippen LogP contribution < -0.4 is 5.63 Å². The fraction of sp³-hybridized carbons (Fsp3) is 0.615. The van der Waals surface area contributed by atoms with E-state index >= 15 is 0 Å². The molecule has 2 rings (SSSR count). The van der Waals surface area contributed by atoms with Crippen molar-refractivity contribution >= 4 is 11.8 Å². The summed E-state index contributed by atoms with van der Waals surface area (Å²) in [5.41, 5.74) is -0.414. The quantitative estimate of drug-likeness (QED) is 0.841. The van der Waals surface area contributed by atoms with Gasteiger partial charge < -0.3 is 9.52 Å². The highest BCUT2D eigenvalue weighted by Crippen LogP contribution is 2.32. The number of rotatable bonds is 3. The molecule has 94 valence electrons. The lowest BCUT2D eigenvalue weighted by Crippen LogP contribution is -2.10. The maximum absolute atomic E-state index is 11.6. The molecule has 0 unspecified atom stereocenters. The molecule has 0 aliphatic heterocycles. The van der Waals surface area contributed by atoms with Gasteiger partial charge in [0.1, 0.15) is 16.4 Å². The highest BCUT2D eigenvalue weighted by Gasteiger charge is 2.16. The first kappa shape index (κ1) is 12.6. The van der Waals surface area contributed by atoms with Crippen molar-refractivity contribution in [2.24, 2.45) is 5.92 Å². The fourth-order valence-electron chi connectivity index (χ4n) is 2.27. The first-order chi connectivity index (χ1) is 8.16. The highest BCUT2D eigenvalue weighted by atomic mass is 32.2. The van der Waals surface area contributed by atoms with E-state index < -0.39 is 5.63 Å². The molecule has 1 fully saturated rings. The fourth-order valence-corrected chi connectivity index (χ4v) is 3.37. The summed E-state index contributed by atoms with van der Waals surface area (Å²) in [4.78, 5) is 11.9. The zero-order valence-corrected chi connectivity index (χ0v) is 10.9. The Kier molecular flexibility index (Phi) is 4.15. The van der Waals surface area contributed by atoms with Crippen LogP contribution in [-0.2, 0) is 0 Å². The molecule has 1 aromatic heterocycles. The molecule has 4 heteroatoms. The minimum absolute atomic E-state index is 0.0551. The summed E-state index contributed by atoms with van der Waals surface area (Å²) >= 11 is 1.43. The van der Waals surface area contributed by atoms with Crippen LogP contribution in [0.1, 0.15) is 37.9 Å². The van der Waals surface area contributed by atoms with Crippen LogP contribution in [0.2, 0.25) is 0 Å². The average Bonchev–Trinajstić information content (AvgIpc) is 2.29. The number of aryl methyl sites for hydroxylation is 1. The number of aromatic hydroxyl groups is 1. The van der Waals surface area contributed by atoms with E-state index in [4.69, 9.17) is 4.42 Å². The van der Waals surface area contributed by atoms with Crippen LogP contribution in [0.5, 0.6) is 5.75 Å². The molecular weight excluding hydrogens is 236 g/mol. The maximum Gasteiger partial charge on any atom is 0.353 e. The predicted molar refractivity (Wildman–Crippen MR) is 68.7 cm³/mol. The number of hydrogen-bond donors (Lipinski definition) is 1. The molecule has 1 saturated carbocycles. The van der Waals surface area contributed by atoms with Gasteiger partial charge in [-0.2, -0.15) is 0 Å². The summed E-state index contributed by atoms with van der Waals surface area (Å²) in [6.45, 7) is 1.66. The Morgan fingerprint density at radius 1 is 1.41 bits per heavy atom. The van der Waals surface area contributed by atoms with Crippen molar-refractivity contribution in [1.29, 1.82) is 0 Å². The van der Waals surface area contributed by atoms with Gasteiger partial charge >= 0.3 is 5.63 Å². The summed E-state index contributed by atoms with van der Waals surface area (Å²) < 4.78 is 4.99. The van der Waals surface area contributed by atoms with Crippen molar-refractivity contribution in [3.05, 3.63) is 22.2 Å². The standard InChI is InChI=1S/C13H18O3S/c1-9-7-11(14)12(13(15)16-9)17-8-10-5-3-2-4-6-10/h7,10,14H,2-6,8H2,1H3. The van der Waals surface area contributed by atoms with Gasteiger partial charge in [-0.3, -0.25) is 0 Å². The molecule has 0 atom stereocenters. The van der Waals surface area contributed by atoms with E-state index in [1.165, 1.54) is 49.9 Å². The summed E-state index contributed by atoms with van der Waals surface area (Å²) in [5, 5.41) is 9.72. The average molecular weight is 254 g/mol. The molecule has 1 aromatic rings. The van der Waals surface area contributed by atoms with Gasteiger partial charge in [0.2, 0.25) is 0 Å². The molecule has 0 aromatic carbocycles. The number of hydrogen-bond acceptors (Lipinski definition) is 4. The first-order valence-electron chi connectivity index (χ1n) is 6.13. The van der Waals surface area contributed by atoms with Gasteiger partial charge in [-0.25, -0.2) is 4.79 Å². The van der Waals surface area contributed by atoms with Gasteiger partial charge in [0.05, 0.1) is 0 Å². The lowest BCUT2D eigenvalue weighted by molar-refractivity contribution is 0.389. The summed E-state index contributed by atoms with van der Waals surface area (Å²) in [7, 11) is 0. The Morgan fingerprint density at radius 2 is 2.12 bits per heavy atom. The Balaban J connectivity index is 2.01. The molecular formula is C13H18O3S. The van der Waals surface area contributed by atoms with E-state index in [0.717, 1.165) is 5.75 Å². The van der Waals surface area contributed by atoms with Crippen molar-refractivity contribution in [3.63, 3.8) is 0 Å². The molecule has 1 heterocycles. The third kappa shape index (κ3) is 3.28. The van der Waals surface area contributed by atoms with Crippen LogP contribution in [0.4, 0.5) is 0 Å². The van der Waals surface area contributed by atoms with Gasteiger partial charge in [-0.05, 0) is 25.7 Å². The molecule has 3 nitrogen and oxygen atoms in total. The lowest BCUT2D eigenvalue weighted by Gasteiger charge is -2.20. The van der Waals surface area contributed by atoms with Gasteiger partial charge in [-0.15, -0.1) is 11.8 Å². The van der Waals surface area contributed by atoms with Crippen LogP contribution >= 0.6 is 11.8 Å². The summed E-state index contributed by atoms with van der Waals surface area (Å²) in [5.74, 6) is 2.09. The van der Waals surface area contributed by atoms with E-state index in [1.54, 1.807) is 6.92 Å². The van der Waals surface area contributed by atoms with Crippen LogP contribution in [0.15, 0.2) is 20.2 Å². The second-order valence-corrected chi connectivity index (χ2v) is 5.70. The Bertz CT molecular complexity index is 433. The van der Waals surface area contributed by atoms with Gasteiger partial charge in [0.15, 0.2) is 0 Å². The highest BCUT2D eigenvalue weighted by molar-refractivity contribution is 7.99. The minimum atomic E-state index is -0.414. The van der Waals surface area contributed by atoms with Gasteiger partial charge in [-0.1, -0.05) is 19.3 Å². The zero-order valence-electron chi connectivity index (χ0n) is 10.1. The second kappa shape index (κ2) is 5.63. The Morgan fingerprint density at radius 3 is 2.76 bits per heavy atom. The molecule has 0 amide bonds. The van der Waals surface area contributed by atoms with Crippen LogP contribution in [0.25, 0.3) is 0 Å². The molecule has 0 spiro atoms. The molecule has 17 heavy (non-hydrogen) atoms. The first-order valence-corrected chi connectivity index (χ1v) is 7.12. The molecule has 0 radical (unpaired) electrons. The molecule has 1 aliphatic carbocycles. The van der Waals surface area contributed by atoms with E-state index in [1.807, 2.05) is 0 Å². The molecule has 0 saturated heterocycles. The van der Waals surface area contributed by atoms with E-state index in [0.29, 0.717) is 16.6 Å². The van der Waals surface area contributed by atoms with E-state index in [2.05, 4.69) is 0 Å².